The van der Waals surface area contributed by atoms with E-state index in [1.54, 1.807) is 0 Å². The van der Waals surface area contributed by atoms with Crippen molar-refractivity contribution in [2.24, 2.45) is 7.05 Å². The molecule has 0 amide bonds. The molecule has 1 saturated carbocycles. The molecule has 0 saturated heterocycles. The van der Waals surface area contributed by atoms with Gasteiger partial charge < -0.3 is 4.57 Å². The van der Waals surface area contributed by atoms with Gasteiger partial charge in [-0.05, 0) is 12.8 Å². The van der Waals surface area contributed by atoms with E-state index in [2.05, 4.69) is 36.6 Å². The van der Waals surface area contributed by atoms with Crippen LogP contribution in [0, 0.1) is 0 Å². The summed E-state index contributed by atoms with van der Waals surface area (Å²) in [5.74, 6) is 2.95. The summed E-state index contributed by atoms with van der Waals surface area (Å²) >= 11 is 0. The number of nitrogens with zero attached hydrogens (tertiary/aromatic N) is 5. The average Bonchev–Trinajstić information content (AvgIpc) is 3.04. The first-order valence-corrected chi connectivity index (χ1v) is 6.86. The predicted octanol–water partition coefficient (Wildman–Crippen LogP) is 1.27. The highest BCUT2D eigenvalue weighted by molar-refractivity contribution is 4.97. The first-order chi connectivity index (χ1) is 9.26. The van der Waals surface area contributed by atoms with Crippen LogP contribution in [0.3, 0.4) is 0 Å². The molecule has 0 unspecified atom stereocenters. The Balaban J connectivity index is 1.69. The zero-order valence-corrected chi connectivity index (χ0v) is 11.5. The van der Waals surface area contributed by atoms with E-state index < -0.39 is 0 Å². The van der Waals surface area contributed by atoms with Crippen molar-refractivity contribution in [3.8, 4) is 0 Å². The van der Waals surface area contributed by atoms with Gasteiger partial charge >= 0.3 is 0 Å². The Labute approximate surface area is 112 Å². The van der Waals surface area contributed by atoms with E-state index in [0.717, 1.165) is 37.0 Å². The standard InChI is InChI=1S/C13H20N6/c1-3-11-15-12(17-16-11)8-19(10-4-5-10)9-13-14-6-7-18(13)2/h6-7,10H,3-5,8-9H2,1-2H3,(H,15,16,17). The molecular weight excluding hydrogens is 240 g/mol. The molecule has 102 valence electrons. The molecule has 19 heavy (non-hydrogen) atoms. The number of aromatic nitrogens is 5. The third-order valence-electron chi connectivity index (χ3n) is 3.58. The van der Waals surface area contributed by atoms with Crippen LogP contribution in [0.25, 0.3) is 0 Å². The molecule has 0 atom stereocenters. The van der Waals surface area contributed by atoms with Gasteiger partial charge in [0, 0.05) is 31.9 Å². The maximum atomic E-state index is 4.49. The van der Waals surface area contributed by atoms with Crippen LogP contribution in [-0.4, -0.2) is 35.7 Å². The van der Waals surface area contributed by atoms with Gasteiger partial charge in [0.05, 0.1) is 13.1 Å². The highest BCUT2D eigenvalue weighted by Crippen LogP contribution is 2.29. The Hall–Kier alpha value is -1.69. The Morgan fingerprint density at radius 2 is 2.26 bits per heavy atom. The van der Waals surface area contributed by atoms with Gasteiger partial charge in [-0.15, -0.1) is 0 Å². The number of aromatic amines is 1. The second-order valence-electron chi connectivity index (χ2n) is 5.14. The third kappa shape index (κ3) is 2.84. The number of rotatable bonds is 6. The summed E-state index contributed by atoms with van der Waals surface area (Å²) in [5, 5.41) is 7.23. The summed E-state index contributed by atoms with van der Waals surface area (Å²) in [6.45, 7) is 3.76. The zero-order valence-electron chi connectivity index (χ0n) is 11.5. The Morgan fingerprint density at radius 3 is 2.84 bits per heavy atom. The summed E-state index contributed by atoms with van der Waals surface area (Å²) in [4.78, 5) is 11.3. The van der Waals surface area contributed by atoms with E-state index in [9.17, 15) is 0 Å². The molecule has 0 spiro atoms. The van der Waals surface area contributed by atoms with Crippen LogP contribution in [-0.2, 0) is 26.6 Å². The topological polar surface area (TPSA) is 62.6 Å². The minimum atomic E-state index is 0.673. The third-order valence-corrected chi connectivity index (χ3v) is 3.58. The van der Waals surface area contributed by atoms with Crippen LogP contribution in [0.4, 0.5) is 0 Å². The van der Waals surface area contributed by atoms with E-state index in [1.807, 2.05) is 19.4 Å². The lowest BCUT2D eigenvalue weighted by Gasteiger charge is -2.20. The van der Waals surface area contributed by atoms with Crippen molar-refractivity contribution in [3.63, 3.8) is 0 Å². The smallest absolute Gasteiger partial charge is 0.150 e. The van der Waals surface area contributed by atoms with E-state index in [0.29, 0.717) is 6.04 Å². The second kappa shape index (κ2) is 5.13. The molecule has 1 aliphatic rings. The normalized spacial score (nSPS) is 15.3. The first-order valence-electron chi connectivity index (χ1n) is 6.86. The van der Waals surface area contributed by atoms with Crippen LogP contribution in [0.2, 0.25) is 0 Å². The molecule has 2 aromatic heterocycles. The maximum Gasteiger partial charge on any atom is 0.150 e. The van der Waals surface area contributed by atoms with Crippen LogP contribution < -0.4 is 0 Å². The fraction of sp³-hybridized carbons (Fsp3) is 0.615. The number of H-pyrrole nitrogens is 1. The van der Waals surface area contributed by atoms with Crippen molar-refractivity contribution < 1.29 is 0 Å². The lowest BCUT2D eigenvalue weighted by molar-refractivity contribution is 0.231. The van der Waals surface area contributed by atoms with Crippen molar-refractivity contribution in [1.29, 1.82) is 0 Å². The highest BCUT2D eigenvalue weighted by atomic mass is 15.3. The van der Waals surface area contributed by atoms with Gasteiger partial charge in [0.15, 0.2) is 0 Å². The second-order valence-corrected chi connectivity index (χ2v) is 5.14. The number of aryl methyl sites for hydroxylation is 2. The lowest BCUT2D eigenvalue weighted by Crippen LogP contribution is -2.27. The van der Waals surface area contributed by atoms with Gasteiger partial charge in [-0.25, -0.2) is 9.97 Å². The Bertz CT molecular complexity index is 539. The minimum Gasteiger partial charge on any atom is -0.337 e. The van der Waals surface area contributed by atoms with Gasteiger partial charge in [-0.3, -0.25) is 10.00 Å². The molecule has 6 nitrogen and oxygen atoms in total. The van der Waals surface area contributed by atoms with Gasteiger partial charge in [0.2, 0.25) is 0 Å². The van der Waals surface area contributed by atoms with Crippen molar-refractivity contribution in [2.75, 3.05) is 0 Å². The molecule has 0 aromatic carbocycles. The largest absolute Gasteiger partial charge is 0.337 e. The molecule has 1 fully saturated rings. The molecule has 1 aliphatic carbocycles. The van der Waals surface area contributed by atoms with Crippen molar-refractivity contribution in [2.45, 2.75) is 45.3 Å². The van der Waals surface area contributed by atoms with Crippen LogP contribution in [0.1, 0.15) is 37.2 Å². The molecule has 0 bridgehead atoms. The summed E-state index contributed by atoms with van der Waals surface area (Å²) in [7, 11) is 2.04. The summed E-state index contributed by atoms with van der Waals surface area (Å²) < 4.78 is 2.08. The average molecular weight is 260 g/mol. The van der Waals surface area contributed by atoms with Crippen LogP contribution in [0.5, 0.6) is 0 Å². The summed E-state index contributed by atoms with van der Waals surface area (Å²) in [6.07, 6.45) is 7.27. The first kappa shape index (κ1) is 12.3. The van der Waals surface area contributed by atoms with Gasteiger partial charge in [0.25, 0.3) is 0 Å². The number of nitrogens with one attached hydrogen (secondary N) is 1. The molecule has 1 N–H and O–H groups in total. The van der Waals surface area contributed by atoms with E-state index in [-0.39, 0.29) is 0 Å². The van der Waals surface area contributed by atoms with E-state index >= 15 is 0 Å². The SMILES string of the molecule is CCc1n[nH]c(CN(Cc2nccn2C)C2CC2)n1. The zero-order chi connectivity index (χ0) is 13.2. The summed E-state index contributed by atoms with van der Waals surface area (Å²) in [6, 6.07) is 0.673. The van der Waals surface area contributed by atoms with Crippen molar-refractivity contribution >= 4 is 0 Å². The monoisotopic (exact) mass is 260 g/mol. The maximum absolute atomic E-state index is 4.49. The summed E-state index contributed by atoms with van der Waals surface area (Å²) in [5.41, 5.74) is 0. The Morgan fingerprint density at radius 1 is 1.42 bits per heavy atom. The number of hydrogen-bond acceptors (Lipinski definition) is 4. The molecule has 2 aromatic rings. The number of imidazole rings is 1. The lowest BCUT2D eigenvalue weighted by atomic mass is 10.4. The fourth-order valence-corrected chi connectivity index (χ4v) is 2.24. The molecule has 0 radical (unpaired) electrons. The molecule has 2 heterocycles. The molecule has 3 rings (SSSR count). The highest BCUT2D eigenvalue weighted by Gasteiger charge is 2.30. The van der Waals surface area contributed by atoms with Crippen molar-refractivity contribution in [1.82, 2.24) is 29.6 Å². The molecule has 6 heteroatoms. The van der Waals surface area contributed by atoms with Gasteiger partial charge in [-0.2, -0.15) is 5.10 Å². The number of hydrogen-bond donors (Lipinski definition) is 1. The van der Waals surface area contributed by atoms with Crippen molar-refractivity contribution in [3.05, 3.63) is 29.9 Å². The Kier molecular flexibility index (Phi) is 3.33. The van der Waals surface area contributed by atoms with Crippen LogP contribution in [0.15, 0.2) is 12.4 Å². The minimum absolute atomic E-state index is 0.673. The van der Waals surface area contributed by atoms with E-state index in [4.69, 9.17) is 0 Å². The van der Waals surface area contributed by atoms with Gasteiger partial charge in [0.1, 0.15) is 17.5 Å². The predicted molar refractivity (Wildman–Crippen MR) is 71.2 cm³/mol. The van der Waals surface area contributed by atoms with E-state index in [1.165, 1.54) is 12.8 Å². The fourth-order valence-electron chi connectivity index (χ4n) is 2.24. The quantitative estimate of drug-likeness (QED) is 0.849. The molecular formula is C13H20N6. The van der Waals surface area contributed by atoms with Crippen LogP contribution >= 0.6 is 0 Å². The van der Waals surface area contributed by atoms with Gasteiger partial charge in [-0.1, -0.05) is 6.92 Å². The molecule has 0 aliphatic heterocycles.